The Bertz CT molecular complexity index is 1790. The van der Waals surface area contributed by atoms with Gasteiger partial charge in [0.15, 0.2) is 0 Å². The number of benzene rings is 5. The van der Waals surface area contributed by atoms with Gasteiger partial charge in [0.1, 0.15) is 0 Å². The van der Waals surface area contributed by atoms with Crippen molar-refractivity contribution in [2.45, 2.75) is 155 Å². The summed E-state index contributed by atoms with van der Waals surface area (Å²) in [6.07, 6.45) is 30.0. The molecule has 0 heterocycles. The predicted octanol–water partition coefficient (Wildman–Crippen LogP) is 15.7. The summed E-state index contributed by atoms with van der Waals surface area (Å²) in [5, 5.41) is 4.90. The monoisotopic (exact) mass is 715 g/mol. The van der Waals surface area contributed by atoms with Crippen LogP contribution in [0.25, 0.3) is 21.5 Å². The van der Waals surface area contributed by atoms with Gasteiger partial charge >= 0.3 is 0 Å². The molecule has 0 N–H and O–H groups in total. The number of hydrogen-bond donors (Lipinski definition) is 0. The van der Waals surface area contributed by atoms with Gasteiger partial charge in [0, 0.05) is 22.3 Å². The summed E-state index contributed by atoms with van der Waals surface area (Å²) in [5.74, 6) is 13.6. The van der Waals surface area contributed by atoms with Crippen molar-refractivity contribution in [2.24, 2.45) is 0 Å². The zero-order valence-electron chi connectivity index (χ0n) is 33.8. The Kier molecular flexibility index (Phi) is 18.3. The minimum Gasteiger partial charge on any atom is -0.0654 e. The Hall–Kier alpha value is -4.26. The lowest BCUT2D eigenvalue weighted by Gasteiger charge is -2.04. The van der Waals surface area contributed by atoms with Crippen molar-refractivity contribution in [3.8, 4) is 23.7 Å². The topological polar surface area (TPSA) is 0 Å². The molecule has 0 aliphatic carbocycles. The summed E-state index contributed by atoms with van der Waals surface area (Å²) in [5.41, 5.74) is 7.11. The van der Waals surface area contributed by atoms with E-state index in [0.717, 1.165) is 22.3 Å². The Balaban J connectivity index is 1.06. The Morgan fingerprint density at radius 2 is 0.574 bits per heavy atom. The Morgan fingerprint density at radius 1 is 0.278 bits per heavy atom. The van der Waals surface area contributed by atoms with Crippen LogP contribution < -0.4 is 0 Å². The van der Waals surface area contributed by atoms with Gasteiger partial charge in [-0.05, 0) is 119 Å². The number of unbranched alkanes of at least 4 members (excludes halogenated alkanes) is 18. The third-order valence-corrected chi connectivity index (χ3v) is 11.0. The molecule has 5 aromatic rings. The van der Waals surface area contributed by atoms with Crippen molar-refractivity contribution in [3.63, 3.8) is 0 Å². The van der Waals surface area contributed by atoms with Crippen molar-refractivity contribution in [2.75, 3.05) is 0 Å². The van der Waals surface area contributed by atoms with E-state index in [2.05, 4.69) is 135 Å². The SMILES string of the molecule is CCCCCCCCCCCCc1ccc(C#Cc2ccc3cc4cc(C#Cc5ccc(CCCCCCCCCCCC)cc5)ccc4cc3c2)cc1. The maximum Gasteiger partial charge on any atom is 0.0255 e. The summed E-state index contributed by atoms with van der Waals surface area (Å²) in [7, 11) is 0. The van der Waals surface area contributed by atoms with Crippen molar-refractivity contribution in [1.29, 1.82) is 0 Å². The molecule has 0 aliphatic heterocycles. The molecule has 0 radical (unpaired) electrons. The standard InChI is InChI=1S/C54H66/c1-3-5-7-9-11-13-15-17-19-21-23-45-25-29-47(30-26-45)33-35-49-37-39-51-44-54-42-50(38-40-52(54)43-53(51)41-49)36-34-48-31-27-46(28-32-48)24-22-20-18-16-14-12-10-8-6-4-2/h25-32,37-44H,3-24H2,1-2H3. The van der Waals surface area contributed by atoms with Crippen LogP contribution in [0, 0.1) is 23.7 Å². The van der Waals surface area contributed by atoms with Crippen LogP contribution in [0.2, 0.25) is 0 Å². The quantitative estimate of drug-likeness (QED) is 0.0380. The highest BCUT2D eigenvalue weighted by Gasteiger charge is 2.02. The third-order valence-electron chi connectivity index (χ3n) is 11.0. The number of fused-ring (bicyclic) bond motifs is 2. The molecular formula is C54H66. The van der Waals surface area contributed by atoms with E-state index in [9.17, 15) is 0 Å². The van der Waals surface area contributed by atoms with Gasteiger partial charge in [0.25, 0.3) is 0 Å². The van der Waals surface area contributed by atoms with E-state index < -0.39 is 0 Å². The molecule has 0 atom stereocenters. The van der Waals surface area contributed by atoms with Gasteiger partial charge in [-0.25, -0.2) is 0 Å². The van der Waals surface area contributed by atoms with Crippen LogP contribution in [0.4, 0.5) is 0 Å². The molecule has 0 bridgehead atoms. The van der Waals surface area contributed by atoms with Crippen LogP contribution in [-0.4, -0.2) is 0 Å². The van der Waals surface area contributed by atoms with Crippen LogP contribution in [0.15, 0.2) is 97.1 Å². The first-order valence-corrected chi connectivity index (χ1v) is 21.9. The first kappa shape index (κ1) is 40.9. The average molecular weight is 715 g/mol. The molecule has 282 valence electrons. The summed E-state index contributed by atoms with van der Waals surface area (Å²) in [6, 6.07) is 35.5. The smallest absolute Gasteiger partial charge is 0.0255 e. The predicted molar refractivity (Wildman–Crippen MR) is 237 cm³/mol. The summed E-state index contributed by atoms with van der Waals surface area (Å²) >= 11 is 0. The van der Waals surface area contributed by atoms with Gasteiger partial charge < -0.3 is 0 Å². The van der Waals surface area contributed by atoms with Gasteiger partial charge in [-0.1, -0.05) is 190 Å². The van der Waals surface area contributed by atoms with Crippen molar-refractivity contribution < 1.29 is 0 Å². The van der Waals surface area contributed by atoms with E-state index in [1.54, 1.807) is 0 Å². The Morgan fingerprint density at radius 3 is 0.926 bits per heavy atom. The fraction of sp³-hybridized carbons (Fsp3) is 0.444. The van der Waals surface area contributed by atoms with Gasteiger partial charge in [-0.2, -0.15) is 0 Å². The van der Waals surface area contributed by atoms with Crippen molar-refractivity contribution >= 4 is 21.5 Å². The summed E-state index contributed by atoms with van der Waals surface area (Å²) < 4.78 is 0. The lowest BCUT2D eigenvalue weighted by molar-refractivity contribution is 0.556. The normalized spacial score (nSPS) is 11.0. The van der Waals surface area contributed by atoms with Crippen LogP contribution in [0.3, 0.4) is 0 Å². The second-order valence-electron chi connectivity index (χ2n) is 15.7. The van der Waals surface area contributed by atoms with Crippen molar-refractivity contribution in [1.82, 2.24) is 0 Å². The lowest BCUT2D eigenvalue weighted by atomic mass is 10.00. The summed E-state index contributed by atoms with van der Waals surface area (Å²) in [4.78, 5) is 0. The van der Waals surface area contributed by atoms with E-state index in [0.29, 0.717) is 0 Å². The van der Waals surface area contributed by atoms with E-state index in [1.807, 2.05) is 0 Å². The van der Waals surface area contributed by atoms with Gasteiger partial charge in [0.2, 0.25) is 0 Å². The molecule has 0 unspecified atom stereocenters. The highest BCUT2D eigenvalue weighted by Crippen LogP contribution is 2.25. The minimum atomic E-state index is 1.05. The van der Waals surface area contributed by atoms with E-state index in [-0.39, 0.29) is 0 Å². The fourth-order valence-corrected chi connectivity index (χ4v) is 7.58. The van der Waals surface area contributed by atoms with Crippen LogP contribution in [0.1, 0.15) is 176 Å². The Labute approximate surface area is 329 Å². The van der Waals surface area contributed by atoms with Crippen LogP contribution in [0.5, 0.6) is 0 Å². The molecule has 0 fully saturated rings. The zero-order chi connectivity index (χ0) is 37.5. The average Bonchev–Trinajstić information content (AvgIpc) is 3.20. The number of hydrogen-bond acceptors (Lipinski definition) is 0. The van der Waals surface area contributed by atoms with Crippen LogP contribution in [-0.2, 0) is 12.8 Å². The lowest BCUT2D eigenvalue weighted by Crippen LogP contribution is -1.87. The van der Waals surface area contributed by atoms with Gasteiger partial charge in [-0.3, -0.25) is 0 Å². The third kappa shape index (κ3) is 14.9. The molecule has 54 heavy (non-hydrogen) atoms. The van der Waals surface area contributed by atoms with Gasteiger partial charge in [0.05, 0.1) is 0 Å². The largest absolute Gasteiger partial charge is 0.0654 e. The molecule has 0 aromatic heterocycles. The first-order chi connectivity index (χ1) is 26.7. The zero-order valence-corrected chi connectivity index (χ0v) is 33.8. The number of aryl methyl sites for hydroxylation is 2. The molecule has 0 heteroatoms. The van der Waals surface area contributed by atoms with E-state index in [4.69, 9.17) is 0 Å². The van der Waals surface area contributed by atoms with E-state index >= 15 is 0 Å². The second kappa shape index (κ2) is 24.2. The molecule has 5 rings (SSSR count). The first-order valence-electron chi connectivity index (χ1n) is 21.9. The minimum absolute atomic E-state index is 1.05. The molecule has 0 spiro atoms. The van der Waals surface area contributed by atoms with Crippen molar-refractivity contribution in [3.05, 3.63) is 130 Å². The molecule has 0 saturated heterocycles. The molecule has 0 amide bonds. The van der Waals surface area contributed by atoms with Gasteiger partial charge in [-0.15, -0.1) is 0 Å². The molecule has 5 aromatic carbocycles. The second-order valence-corrected chi connectivity index (χ2v) is 15.7. The summed E-state index contributed by atoms with van der Waals surface area (Å²) in [6.45, 7) is 4.58. The maximum absolute atomic E-state index is 3.41. The highest BCUT2D eigenvalue weighted by molar-refractivity contribution is 5.99. The van der Waals surface area contributed by atoms with E-state index in [1.165, 1.54) is 174 Å². The number of rotatable bonds is 22. The highest BCUT2D eigenvalue weighted by atomic mass is 14.1. The fourth-order valence-electron chi connectivity index (χ4n) is 7.58. The molecule has 0 nitrogen and oxygen atoms in total. The van der Waals surface area contributed by atoms with Crippen LogP contribution >= 0.6 is 0 Å². The maximum atomic E-state index is 3.41. The molecule has 0 saturated carbocycles. The molecular weight excluding hydrogens is 649 g/mol. The molecule has 0 aliphatic rings.